The van der Waals surface area contributed by atoms with Crippen LogP contribution in [0.5, 0.6) is 0 Å². The Hall–Kier alpha value is -2.69. The molecule has 2 aromatic carbocycles. The lowest BCUT2D eigenvalue weighted by Gasteiger charge is -2.40. The molecule has 0 amide bonds. The number of nitrogens with one attached hydrogen (secondary N) is 1. The van der Waals surface area contributed by atoms with Gasteiger partial charge in [-0.25, -0.2) is 0 Å². The van der Waals surface area contributed by atoms with Crippen LogP contribution in [0.4, 0.5) is 0 Å². The van der Waals surface area contributed by atoms with E-state index in [4.69, 9.17) is 18.9 Å². The van der Waals surface area contributed by atoms with E-state index in [1.54, 1.807) is 7.11 Å². The van der Waals surface area contributed by atoms with Crippen LogP contribution in [-0.4, -0.2) is 59.5 Å². The van der Waals surface area contributed by atoms with Crippen LogP contribution in [0.15, 0.2) is 36.4 Å². The van der Waals surface area contributed by atoms with Crippen molar-refractivity contribution in [2.45, 2.75) is 64.7 Å². The zero-order chi connectivity index (χ0) is 25.1. The quantitative estimate of drug-likeness (QED) is 0.430. The lowest BCUT2D eigenvalue weighted by atomic mass is 9.87. The summed E-state index contributed by atoms with van der Waals surface area (Å²) in [6.45, 7) is 9.12. The van der Waals surface area contributed by atoms with Crippen LogP contribution in [0.1, 0.15) is 46.5 Å². The molecule has 1 aromatic heterocycles. The van der Waals surface area contributed by atoms with Crippen molar-refractivity contribution < 1.29 is 18.9 Å². The molecule has 36 heavy (non-hydrogen) atoms. The highest BCUT2D eigenvalue weighted by atomic mass is 16.7. The van der Waals surface area contributed by atoms with Crippen LogP contribution >= 0.6 is 0 Å². The van der Waals surface area contributed by atoms with Gasteiger partial charge >= 0.3 is 0 Å². The number of rotatable bonds is 10. The summed E-state index contributed by atoms with van der Waals surface area (Å²) in [7, 11) is 1.68. The summed E-state index contributed by atoms with van der Waals surface area (Å²) in [4.78, 5) is 0. The monoisotopic (exact) mass is 493 g/mol. The van der Waals surface area contributed by atoms with Gasteiger partial charge in [0.25, 0.3) is 0 Å². The standard InChI is InChI=1S/C27H35N5O4/c1-18-13-19(2)24(20(3)14-18)32-25(29-30-31-32)27(10-9-23-17-35-26(27)36-23)28-15-21-7-5-6-8-22(21)16-34-12-11-33-4/h5-8,13-14,23,26,28H,9-12,15-17H2,1-4H3/t23-,26+,27?/m0/s1. The van der Waals surface area contributed by atoms with Crippen molar-refractivity contribution in [1.29, 1.82) is 0 Å². The van der Waals surface area contributed by atoms with Crippen molar-refractivity contribution in [1.82, 2.24) is 25.5 Å². The van der Waals surface area contributed by atoms with Crippen LogP contribution in [0.2, 0.25) is 0 Å². The number of nitrogens with zero attached hydrogens (tertiary/aromatic N) is 4. The SMILES string of the molecule is COCCOCc1ccccc1CNC1(c2nnnn2-c2c(C)cc(C)cc2C)CC[C@H]2CO[C@@H]1O2. The molecule has 3 atom stereocenters. The molecule has 3 aromatic rings. The molecule has 2 aliphatic heterocycles. The van der Waals surface area contributed by atoms with Crippen molar-refractivity contribution in [2.75, 3.05) is 26.9 Å². The largest absolute Gasteiger partial charge is 0.382 e. The maximum Gasteiger partial charge on any atom is 0.183 e. The molecule has 0 spiro atoms. The van der Waals surface area contributed by atoms with Gasteiger partial charge in [0, 0.05) is 13.7 Å². The number of ether oxygens (including phenoxy) is 4. The first-order chi connectivity index (χ1) is 17.5. The van der Waals surface area contributed by atoms with E-state index in [-0.39, 0.29) is 6.10 Å². The van der Waals surface area contributed by atoms with Gasteiger partial charge < -0.3 is 18.9 Å². The van der Waals surface area contributed by atoms with Crippen LogP contribution in [0, 0.1) is 20.8 Å². The molecule has 9 nitrogen and oxygen atoms in total. The Labute approximate surface area is 212 Å². The van der Waals surface area contributed by atoms with Gasteiger partial charge in [0.1, 0.15) is 5.54 Å². The lowest BCUT2D eigenvalue weighted by molar-refractivity contribution is -0.151. The van der Waals surface area contributed by atoms with Crippen molar-refractivity contribution in [3.8, 4) is 5.69 Å². The molecule has 5 rings (SSSR count). The minimum Gasteiger partial charge on any atom is -0.382 e. The highest BCUT2D eigenvalue weighted by Crippen LogP contribution is 2.42. The Bertz CT molecular complexity index is 1180. The smallest absolute Gasteiger partial charge is 0.183 e. The Morgan fingerprint density at radius 2 is 1.89 bits per heavy atom. The van der Waals surface area contributed by atoms with E-state index in [1.807, 2.05) is 16.8 Å². The molecule has 1 unspecified atom stereocenters. The first-order valence-corrected chi connectivity index (χ1v) is 12.5. The van der Waals surface area contributed by atoms with E-state index in [9.17, 15) is 0 Å². The molecule has 0 radical (unpaired) electrons. The Morgan fingerprint density at radius 3 is 2.67 bits per heavy atom. The lowest BCUT2D eigenvalue weighted by Crippen LogP contribution is -2.55. The van der Waals surface area contributed by atoms with E-state index in [1.165, 1.54) is 5.56 Å². The zero-order valence-electron chi connectivity index (χ0n) is 21.5. The maximum atomic E-state index is 6.29. The van der Waals surface area contributed by atoms with Gasteiger partial charge in [0.15, 0.2) is 12.1 Å². The normalized spacial score (nSPS) is 23.3. The summed E-state index contributed by atoms with van der Waals surface area (Å²) in [5, 5.41) is 16.9. The molecule has 1 N–H and O–H groups in total. The van der Waals surface area contributed by atoms with Gasteiger partial charge in [0.05, 0.1) is 38.2 Å². The van der Waals surface area contributed by atoms with E-state index in [0.717, 1.165) is 40.8 Å². The number of fused-ring (bicyclic) bond motifs is 2. The van der Waals surface area contributed by atoms with Gasteiger partial charge in [-0.05, 0) is 66.3 Å². The minimum atomic E-state index is -0.704. The van der Waals surface area contributed by atoms with Crippen molar-refractivity contribution in [3.63, 3.8) is 0 Å². The van der Waals surface area contributed by atoms with E-state index >= 15 is 0 Å². The van der Waals surface area contributed by atoms with Gasteiger partial charge in [-0.1, -0.05) is 42.0 Å². The predicted octanol–water partition coefficient (Wildman–Crippen LogP) is 3.27. The highest BCUT2D eigenvalue weighted by Gasteiger charge is 2.53. The number of tetrazole rings is 1. The van der Waals surface area contributed by atoms with Gasteiger partial charge in [-0.2, -0.15) is 4.68 Å². The number of methoxy groups -OCH3 is 1. The third-order valence-corrected chi connectivity index (χ3v) is 7.13. The summed E-state index contributed by atoms with van der Waals surface area (Å²) in [5.74, 6) is 0.705. The molecule has 0 saturated carbocycles. The fourth-order valence-corrected chi connectivity index (χ4v) is 5.40. The van der Waals surface area contributed by atoms with Crippen LogP contribution in [0.25, 0.3) is 5.69 Å². The first kappa shape index (κ1) is 25.0. The van der Waals surface area contributed by atoms with Crippen LogP contribution in [-0.2, 0) is 37.6 Å². The molecule has 9 heteroatoms. The fourth-order valence-electron chi connectivity index (χ4n) is 5.40. The van der Waals surface area contributed by atoms with Crippen LogP contribution in [0.3, 0.4) is 0 Å². The van der Waals surface area contributed by atoms with Crippen molar-refractivity contribution >= 4 is 0 Å². The third-order valence-electron chi connectivity index (χ3n) is 7.13. The number of benzene rings is 2. The number of aromatic nitrogens is 4. The second-order valence-corrected chi connectivity index (χ2v) is 9.76. The molecule has 3 heterocycles. The molecular weight excluding hydrogens is 458 g/mol. The molecular formula is C27H35N5O4. The van der Waals surface area contributed by atoms with Crippen molar-refractivity contribution in [2.24, 2.45) is 0 Å². The molecule has 2 bridgehead atoms. The predicted molar refractivity (Wildman–Crippen MR) is 134 cm³/mol. The van der Waals surface area contributed by atoms with Crippen LogP contribution < -0.4 is 5.32 Å². The summed E-state index contributed by atoms with van der Waals surface area (Å²) in [6, 6.07) is 12.6. The molecule has 2 fully saturated rings. The molecule has 0 aliphatic carbocycles. The summed E-state index contributed by atoms with van der Waals surface area (Å²) >= 11 is 0. The maximum absolute atomic E-state index is 6.29. The average molecular weight is 494 g/mol. The van der Waals surface area contributed by atoms with E-state index in [2.05, 4.69) is 65.9 Å². The summed E-state index contributed by atoms with van der Waals surface area (Å²) < 4.78 is 25.2. The Kier molecular flexibility index (Phi) is 7.45. The van der Waals surface area contributed by atoms with E-state index in [0.29, 0.717) is 38.8 Å². The first-order valence-electron chi connectivity index (χ1n) is 12.5. The Balaban J connectivity index is 1.48. The molecule has 2 aliphatic rings. The topological polar surface area (TPSA) is 92.6 Å². The number of hydrogen-bond acceptors (Lipinski definition) is 8. The van der Waals surface area contributed by atoms with Gasteiger partial charge in [0.2, 0.25) is 0 Å². The second kappa shape index (κ2) is 10.7. The summed E-state index contributed by atoms with van der Waals surface area (Å²) in [6.07, 6.45) is 1.30. The van der Waals surface area contributed by atoms with Gasteiger partial charge in [-0.3, -0.25) is 5.32 Å². The fraction of sp³-hybridized carbons (Fsp3) is 0.519. The van der Waals surface area contributed by atoms with Crippen molar-refractivity contribution in [3.05, 3.63) is 70.0 Å². The Morgan fingerprint density at radius 1 is 1.11 bits per heavy atom. The minimum absolute atomic E-state index is 0.110. The number of aryl methyl sites for hydroxylation is 3. The molecule has 192 valence electrons. The third kappa shape index (κ3) is 4.81. The van der Waals surface area contributed by atoms with Gasteiger partial charge in [-0.15, -0.1) is 5.10 Å². The highest BCUT2D eigenvalue weighted by molar-refractivity contribution is 5.49. The summed E-state index contributed by atoms with van der Waals surface area (Å²) in [5.41, 5.74) is 6.02. The molecule has 2 saturated heterocycles. The van der Waals surface area contributed by atoms with E-state index < -0.39 is 11.8 Å². The average Bonchev–Trinajstić information content (AvgIpc) is 3.51. The zero-order valence-corrected chi connectivity index (χ0v) is 21.5. The second-order valence-electron chi connectivity index (χ2n) is 9.76. The number of hydrogen-bond donors (Lipinski definition) is 1.